The first-order chi connectivity index (χ1) is 10.6. The Kier molecular flexibility index (Phi) is 4.80. The number of nitrogens with one attached hydrogen (secondary N) is 1. The Balaban J connectivity index is 2.11. The summed E-state index contributed by atoms with van der Waals surface area (Å²) in [6.45, 7) is 4.44. The Bertz CT molecular complexity index is 745. The van der Waals surface area contributed by atoms with Gasteiger partial charge in [0.05, 0.1) is 18.7 Å². The van der Waals surface area contributed by atoms with Crippen LogP contribution in [-0.4, -0.2) is 13.0 Å². The van der Waals surface area contributed by atoms with Crippen molar-refractivity contribution in [2.75, 3.05) is 7.11 Å². The van der Waals surface area contributed by atoms with Gasteiger partial charge in [-0.25, -0.2) is 0 Å². The van der Waals surface area contributed by atoms with Gasteiger partial charge in [0.2, 0.25) is 0 Å². The highest BCUT2D eigenvalue weighted by molar-refractivity contribution is 5.94. The van der Waals surface area contributed by atoms with Crippen molar-refractivity contribution in [3.05, 3.63) is 64.2 Å². The molecule has 2 rings (SSSR count). The Morgan fingerprint density at radius 1 is 1.23 bits per heavy atom. The van der Waals surface area contributed by atoms with Crippen molar-refractivity contribution >= 4 is 5.91 Å². The van der Waals surface area contributed by atoms with Gasteiger partial charge in [0, 0.05) is 12.1 Å². The second kappa shape index (κ2) is 6.77. The Morgan fingerprint density at radius 3 is 2.68 bits per heavy atom. The number of nitriles is 1. The zero-order valence-corrected chi connectivity index (χ0v) is 12.9. The van der Waals surface area contributed by atoms with Gasteiger partial charge in [-0.05, 0) is 54.8 Å². The van der Waals surface area contributed by atoms with Crippen LogP contribution in [0.3, 0.4) is 0 Å². The first-order valence-corrected chi connectivity index (χ1v) is 6.98. The molecule has 22 heavy (non-hydrogen) atoms. The Labute approximate surface area is 130 Å². The molecule has 0 fully saturated rings. The molecule has 112 valence electrons. The van der Waals surface area contributed by atoms with E-state index in [-0.39, 0.29) is 5.91 Å². The minimum atomic E-state index is -0.190. The van der Waals surface area contributed by atoms with Gasteiger partial charge in [-0.1, -0.05) is 12.1 Å². The Morgan fingerprint density at radius 2 is 2.00 bits per heavy atom. The molecule has 4 heteroatoms. The topological polar surface area (TPSA) is 62.1 Å². The smallest absolute Gasteiger partial charge is 0.251 e. The van der Waals surface area contributed by atoms with Crippen molar-refractivity contribution in [2.45, 2.75) is 20.4 Å². The molecule has 0 aromatic heterocycles. The lowest BCUT2D eigenvalue weighted by atomic mass is 10.0. The van der Waals surface area contributed by atoms with Crippen LogP contribution >= 0.6 is 0 Å². The predicted molar refractivity (Wildman–Crippen MR) is 84.8 cm³/mol. The summed E-state index contributed by atoms with van der Waals surface area (Å²) in [4.78, 5) is 12.2. The van der Waals surface area contributed by atoms with E-state index in [1.807, 2.05) is 32.0 Å². The maximum atomic E-state index is 12.2. The molecular formula is C18H18N2O2. The normalized spacial score (nSPS) is 9.91. The highest BCUT2D eigenvalue weighted by atomic mass is 16.5. The van der Waals surface area contributed by atoms with Crippen LogP contribution in [0, 0.1) is 25.2 Å². The van der Waals surface area contributed by atoms with Crippen LogP contribution in [0.2, 0.25) is 0 Å². The molecule has 4 nitrogen and oxygen atoms in total. The minimum absolute atomic E-state index is 0.190. The number of methoxy groups -OCH3 is 1. The highest BCUT2D eigenvalue weighted by Gasteiger charge is 2.09. The van der Waals surface area contributed by atoms with Gasteiger partial charge in [0.1, 0.15) is 5.75 Å². The van der Waals surface area contributed by atoms with Gasteiger partial charge in [-0.3, -0.25) is 4.79 Å². The van der Waals surface area contributed by atoms with Gasteiger partial charge in [-0.2, -0.15) is 5.26 Å². The van der Waals surface area contributed by atoms with Crippen LogP contribution in [0.4, 0.5) is 0 Å². The number of ether oxygens (including phenoxy) is 1. The van der Waals surface area contributed by atoms with Crippen molar-refractivity contribution in [1.82, 2.24) is 5.32 Å². The van der Waals surface area contributed by atoms with Crippen molar-refractivity contribution in [1.29, 1.82) is 5.26 Å². The molecule has 0 unspecified atom stereocenters. The molecule has 2 aromatic rings. The number of amides is 1. The molecule has 0 aliphatic rings. The number of hydrogen-bond donors (Lipinski definition) is 1. The molecule has 0 aliphatic carbocycles. The highest BCUT2D eigenvalue weighted by Crippen LogP contribution is 2.23. The van der Waals surface area contributed by atoms with E-state index >= 15 is 0 Å². The summed E-state index contributed by atoms with van der Waals surface area (Å²) in [5.41, 5.74) is 4.18. The lowest BCUT2D eigenvalue weighted by Crippen LogP contribution is -2.23. The van der Waals surface area contributed by atoms with Gasteiger partial charge in [0.15, 0.2) is 0 Å². The molecule has 0 atom stereocenters. The number of nitrogens with zero attached hydrogens (tertiary/aromatic N) is 1. The third kappa shape index (κ3) is 3.26. The molecule has 0 aliphatic heterocycles. The quantitative estimate of drug-likeness (QED) is 0.942. The second-order valence-electron chi connectivity index (χ2n) is 5.05. The van der Waals surface area contributed by atoms with E-state index in [0.29, 0.717) is 17.7 Å². The Hall–Kier alpha value is -2.80. The molecule has 0 radical (unpaired) electrons. The second-order valence-corrected chi connectivity index (χ2v) is 5.05. The van der Waals surface area contributed by atoms with E-state index in [1.165, 1.54) is 0 Å². The number of hydrogen-bond acceptors (Lipinski definition) is 3. The number of rotatable bonds is 4. The van der Waals surface area contributed by atoms with Gasteiger partial charge in [-0.15, -0.1) is 0 Å². The van der Waals surface area contributed by atoms with Crippen LogP contribution in [0.15, 0.2) is 36.4 Å². The molecule has 2 aromatic carbocycles. The van der Waals surface area contributed by atoms with Crippen molar-refractivity contribution in [3.63, 3.8) is 0 Å². The van der Waals surface area contributed by atoms with E-state index in [2.05, 4.69) is 5.32 Å². The summed E-state index contributed by atoms with van der Waals surface area (Å²) in [5, 5.41) is 11.8. The molecule has 0 bridgehead atoms. The molecule has 0 spiro atoms. The van der Waals surface area contributed by atoms with Crippen LogP contribution < -0.4 is 10.1 Å². The third-order valence-corrected chi connectivity index (χ3v) is 3.76. The first-order valence-electron chi connectivity index (χ1n) is 6.98. The largest absolute Gasteiger partial charge is 0.496 e. The average Bonchev–Trinajstić information content (AvgIpc) is 2.56. The van der Waals surface area contributed by atoms with E-state index in [0.717, 1.165) is 22.4 Å². The van der Waals surface area contributed by atoms with Gasteiger partial charge >= 0.3 is 0 Å². The van der Waals surface area contributed by atoms with Crippen molar-refractivity contribution in [3.8, 4) is 11.8 Å². The average molecular weight is 294 g/mol. The van der Waals surface area contributed by atoms with Crippen LogP contribution in [0.5, 0.6) is 5.75 Å². The SMILES string of the molecule is COc1ccc(CNC(=O)c2cccc(C#N)c2)c(C)c1C. The predicted octanol–water partition coefficient (Wildman–Crippen LogP) is 3.11. The van der Waals surface area contributed by atoms with E-state index in [9.17, 15) is 4.79 Å². The summed E-state index contributed by atoms with van der Waals surface area (Å²) in [7, 11) is 1.64. The molecule has 0 saturated heterocycles. The monoisotopic (exact) mass is 294 g/mol. The van der Waals surface area contributed by atoms with Crippen LogP contribution in [0.1, 0.15) is 32.6 Å². The number of carbonyl (C=O) groups is 1. The van der Waals surface area contributed by atoms with Crippen LogP contribution in [-0.2, 0) is 6.54 Å². The molecule has 0 saturated carbocycles. The van der Waals surface area contributed by atoms with E-state index in [1.54, 1.807) is 31.4 Å². The fourth-order valence-corrected chi connectivity index (χ4v) is 2.27. The van der Waals surface area contributed by atoms with Crippen molar-refractivity contribution in [2.24, 2.45) is 0 Å². The maximum absolute atomic E-state index is 12.2. The van der Waals surface area contributed by atoms with Crippen LogP contribution in [0.25, 0.3) is 0 Å². The van der Waals surface area contributed by atoms with E-state index in [4.69, 9.17) is 10.00 Å². The summed E-state index contributed by atoms with van der Waals surface area (Å²) >= 11 is 0. The molecular weight excluding hydrogens is 276 g/mol. The third-order valence-electron chi connectivity index (χ3n) is 3.76. The molecule has 0 heterocycles. The minimum Gasteiger partial charge on any atom is -0.496 e. The lowest BCUT2D eigenvalue weighted by Gasteiger charge is -2.13. The zero-order chi connectivity index (χ0) is 16.1. The maximum Gasteiger partial charge on any atom is 0.251 e. The summed E-state index contributed by atoms with van der Waals surface area (Å²) in [5.74, 6) is 0.652. The standard InChI is InChI=1S/C18H18N2O2/c1-12-13(2)17(22-3)8-7-16(12)11-20-18(21)15-6-4-5-14(9-15)10-19/h4-9H,11H2,1-3H3,(H,20,21). The fraction of sp³-hybridized carbons (Fsp3) is 0.222. The van der Waals surface area contributed by atoms with Gasteiger partial charge < -0.3 is 10.1 Å². The summed E-state index contributed by atoms with van der Waals surface area (Å²) in [6, 6.07) is 12.5. The molecule has 1 N–H and O–H groups in total. The van der Waals surface area contributed by atoms with Gasteiger partial charge in [0.25, 0.3) is 5.91 Å². The summed E-state index contributed by atoms with van der Waals surface area (Å²) < 4.78 is 5.28. The fourth-order valence-electron chi connectivity index (χ4n) is 2.27. The lowest BCUT2D eigenvalue weighted by molar-refractivity contribution is 0.0951. The number of benzene rings is 2. The molecule has 1 amide bonds. The zero-order valence-electron chi connectivity index (χ0n) is 12.9. The van der Waals surface area contributed by atoms with E-state index < -0.39 is 0 Å². The first kappa shape index (κ1) is 15.6. The summed E-state index contributed by atoms with van der Waals surface area (Å²) in [6.07, 6.45) is 0. The van der Waals surface area contributed by atoms with Crippen molar-refractivity contribution < 1.29 is 9.53 Å². The number of carbonyl (C=O) groups excluding carboxylic acids is 1.